The third-order valence-corrected chi connectivity index (χ3v) is 3.15. The van der Waals surface area contributed by atoms with E-state index < -0.39 is 0 Å². The van der Waals surface area contributed by atoms with Crippen molar-refractivity contribution in [1.29, 1.82) is 0 Å². The molecule has 92 valence electrons. The van der Waals surface area contributed by atoms with Crippen LogP contribution in [-0.4, -0.2) is 0 Å². The van der Waals surface area contributed by atoms with Crippen LogP contribution < -0.4 is 11.9 Å². The van der Waals surface area contributed by atoms with E-state index >= 15 is 0 Å². The van der Waals surface area contributed by atoms with Gasteiger partial charge in [-0.3, -0.25) is 0 Å². The lowest BCUT2D eigenvalue weighted by atomic mass is 9.88. The molecule has 2 atom stereocenters. The predicted molar refractivity (Wildman–Crippen MR) is 71.7 cm³/mol. The van der Waals surface area contributed by atoms with Crippen molar-refractivity contribution >= 4 is 0 Å². The monoisotopic (exact) mass is 222 g/mol. The standard InChI is InChI=1S/C14H23N.H3N/c1-3-5-9-12(4-2)14(15)13-10-7-6-8-11-13;/h6-8,10-12,14H,3-5,9,15H2,1-2H3;1H3. The van der Waals surface area contributed by atoms with E-state index in [9.17, 15) is 0 Å². The van der Waals surface area contributed by atoms with Crippen LogP contribution in [-0.2, 0) is 0 Å². The molecule has 1 rings (SSSR count). The van der Waals surface area contributed by atoms with Crippen molar-refractivity contribution in [1.82, 2.24) is 6.15 Å². The van der Waals surface area contributed by atoms with Gasteiger partial charge in [-0.1, -0.05) is 63.4 Å². The number of nitrogens with two attached hydrogens (primary N) is 1. The van der Waals surface area contributed by atoms with Gasteiger partial charge < -0.3 is 11.9 Å². The van der Waals surface area contributed by atoms with Crippen LogP contribution in [0.25, 0.3) is 0 Å². The lowest BCUT2D eigenvalue weighted by Crippen LogP contribution is -2.20. The topological polar surface area (TPSA) is 61.0 Å². The van der Waals surface area contributed by atoms with Crippen molar-refractivity contribution in [2.45, 2.75) is 45.6 Å². The highest BCUT2D eigenvalue weighted by Crippen LogP contribution is 2.26. The highest BCUT2D eigenvalue weighted by molar-refractivity contribution is 5.19. The average molecular weight is 222 g/mol. The summed E-state index contributed by atoms with van der Waals surface area (Å²) < 4.78 is 0. The van der Waals surface area contributed by atoms with Crippen LogP contribution in [0, 0.1) is 5.92 Å². The van der Waals surface area contributed by atoms with Crippen LogP contribution in [0.5, 0.6) is 0 Å². The highest BCUT2D eigenvalue weighted by atomic mass is 14.6. The number of hydrogen-bond acceptors (Lipinski definition) is 2. The van der Waals surface area contributed by atoms with Gasteiger partial charge in [-0.25, -0.2) is 0 Å². The van der Waals surface area contributed by atoms with E-state index in [1.165, 1.54) is 31.2 Å². The van der Waals surface area contributed by atoms with E-state index in [2.05, 4.69) is 38.1 Å². The van der Waals surface area contributed by atoms with Gasteiger partial charge in [-0.15, -0.1) is 0 Å². The van der Waals surface area contributed by atoms with Gasteiger partial charge in [0.1, 0.15) is 0 Å². The summed E-state index contributed by atoms with van der Waals surface area (Å²) >= 11 is 0. The Morgan fingerprint density at radius 2 is 1.75 bits per heavy atom. The van der Waals surface area contributed by atoms with E-state index in [0.29, 0.717) is 5.92 Å². The molecule has 1 aromatic rings. The number of benzene rings is 1. The normalized spacial score (nSPS) is 13.9. The molecule has 2 unspecified atom stereocenters. The fourth-order valence-corrected chi connectivity index (χ4v) is 2.05. The molecular weight excluding hydrogens is 196 g/mol. The molecule has 0 fully saturated rings. The summed E-state index contributed by atoms with van der Waals surface area (Å²) in [7, 11) is 0. The first kappa shape index (κ1) is 15.1. The minimum Gasteiger partial charge on any atom is -0.344 e. The maximum absolute atomic E-state index is 6.29. The Bertz CT molecular complexity index is 259. The molecule has 0 amide bonds. The van der Waals surface area contributed by atoms with Crippen LogP contribution in [0.1, 0.15) is 51.1 Å². The molecule has 0 aromatic heterocycles. The second kappa shape index (κ2) is 8.31. The first-order valence-electron chi connectivity index (χ1n) is 6.10. The van der Waals surface area contributed by atoms with Crippen LogP contribution in [0.3, 0.4) is 0 Å². The van der Waals surface area contributed by atoms with Crippen LogP contribution >= 0.6 is 0 Å². The van der Waals surface area contributed by atoms with Gasteiger partial charge in [0.05, 0.1) is 0 Å². The van der Waals surface area contributed by atoms with Crippen molar-refractivity contribution in [3.05, 3.63) is 35.9 Å². The summed E-state index contributed by atoms with van der Waals surface area (Å²) in [5.41, 5.74) is 7.57. The van der Waals surface area contributed by atoms with Gasteiger partial charge in [0.15, 0.2) is 0 Å². The first-order valence-corrected chi connectivity index (χ1v) is 6.10. The molecule has 16 heavy (non-hydrogen) atoms. The van der Waals surface area contributed by atoms with Gasteiger partial charge in [-0.05, 0) is 17.9 Å². The maximum Gasteiger partial charge on any atom is 0.0323 e. The van der Waals surface area contributed by atoms with Gasteiger partial charge in [0.2, 0.25) is 0 Å². The third kappa shape index (κ3) is 4.33. The smallest absolute Gasteiger partial charge is 0.0323 e. The maximum atomic E-state index is 6.29. The van der Waals surface area contributed by atoms with Crippen molar-refractivity contribution in [3.63, 3.8) is 0 Å². The fourth-order valence-electron chi connectivity index (χ4n) is 2.05. The average Bonchev–Trinajstić information content (AvgIpc) is 2.31. The Labute approximate surface area is 99.8 Å². The van der Waals surface area contributed by atoms with E-state index in [4.69, 9.17) is 5.73 Å². The number of rotatable bonds is 6. The van der Waals surface area contributed by atoms with Crippen LogP contribution in [0.2, 0.25) is 0 Å². The Morgan fingerprint density at radius 3 is 2.25 bits per heavy atom. The summed E-state index contributed by atoms with van der Waals surface area (Å²) in [6.07, 6.45) is 4.98. The van der Waals surface area contributed by atoms with Crippen molar-refractivity contribution in [3.8, 4) is 0 Å². The van der Waals surface area contributed by atoms with Gasteiger partial charge in [0, 0.05) is 6.04 Å². The molecule has 0 aliphatic carbocycles. The molecule has 0 spiro atoms. The summed E-state index contributed by atoms with van der Waals surface area (Å²) in [6.45, 7) is 4.48. The Morgan fingerprint density at radius 1 is 1.12 bits per heavy atom. The minimum atomic E-state index is 0. The van der Waals surface area contributed by atoms with E-state index in [1.54, 1.807) is 0 Å². The van der Waals surface area contributed by atoms with Crippen molar-refractivity contribution < 1.29 is 0 Å². The van der Waals surface area contributed by atoms with Crippen molar-refractivity contribution in [2.24, 2.45) is 11.7 Å². The molecular formula is C14H26N2. The predicted octanol–water partition coefficient (Wildman–Crippen LogP) is 4.06. The second-order valence-electron chi connectivity index (χ2n) is 4.25. The Kier molecular flexibility index (Phi) is 7.86. The highest BCUT2D eigenvalue weighted by Gasteiger charge is 2.16. The van der Waals surface area contributed by atoms with Gasteiger partial charge in [0.25, 0.3) is 0 Å². The SMILES string of the molecule is CCCCC(CC)C(N)c1ccccc1.N. The lowest BCUT2D eigenvalue weighted by Gasteiger charge is -2.22. The largest absolute Gasteiger partial charge is 0.344 e. The fraction of sp³-hybridized carbons (Fsp3) is 0.571. The summed E-state index contributed by atoms with van der Waals surface area (Å²) in [5, 5.41) is 0. The summed E-state index contributed by atoms with van der Waals surface area (Å²) in [5.74, 6) is 0.632. The summed E-state index contributed by atoms with van der Waals surface area (Å²) in [6, 6.07) is 10.7. The quantitative estimate of drug-likeness (QED) is 0.762. The molecule has 0 radical (unpaired) electrons. The second-order valence-corrected chi connectivity index (χ2v) is 4.25. The van der Waals surface area contributed by atoms with E-state index in [0.717, 1.165) is 0 Å². The first-order chi connectivity index (χ1) is 7.29. The van der Waals surface area contributed by atoms with Gasteiger partial charge >= 0.3 is 0 Å². The molecule has 2 heteroatoms. The zero-order valence-electron chi connectivity index (χ0n) is 10.7. The zero-order chi connectivity index (χ0) is 11.1. The van der Waals surface area contributed by atoms with Gasteiger partial charge in [-0.2, -0.15) is 0 Å². The van der Waals surface area contributed by atoms with Crippen LogP contribution in [0.4, 0.5) is 0 Å². The molecule has 2 nitrogen and oxygen atoms in total. The van der Waals surface area contributed by atoms with E-state index in [1.807, 2.05) is 6.07 Å². The summed E-state index contributed by atoms with van der Waals surface area (Å²) in [4.78, 5) is 0. The number of unbranched alkanes of at least 4 members (excludes halogenated alkanes) is 1. The molecule has 0 bridgehead atoms. The van der Waals surface area contributed by atoms with Crippen molar-refractivity contribution in [2.75, 3.05) is 0 Å². The molecule has 5 N–H and O–H groups in total. The van der Waals surface area contributed by atoms with Crippen LogP contribution in [0.15, 0.2) is 30.3 Å². The third-order valence-electron chi connectivity index (χ3n) is 3.15. The molecule has 0 heterocycles. The zero-order valence-corrected chi connectivity index (χ0v) is 10.7. The molecule has 1 aromatic carbocycles. The molecule has 0 aliphatic rings. The minimum absolute atomic E-state index is 0. The molecule has 0 saturated heterocycles. The lowest BCUT2D eigenvalue weighted by molar-refractivity contribution is 0.378. The molecule has 0 aliphatic heterocycles. The number of hydrogen-bond donors (Lipinski definition) is 2. The Hall–Kier alpha value is -0.860. The molecule has 0 saturated carbocycles. The van der Waals surface area contributed by atoms with E-state index in [-0.39, 0.29) is 12.2 Å². The Balaban J connectivity index is 0.00000225.